The second-order valence-electron chi connectivity index (χ2n) is 7.12. The highest BCUT2D eigenvalue weighted by Gasteiger charge is 2.38. The molecule has 0 aliphatic carbocycles. The summed E-state index contributed by atoms with van der Waals surface area (Å²) in [6, 6.07) is 9.58. The summed E-state index contributed by atoms with van der Waals surface area (Å²) in [6.45, 7) is 0.646. The van der Waals surface area contributed by atoms with Crippen LogP contribution in [-0.4, -0.2) is 33.4 Å². The van der Waals surface area contributed by atoms with Gasteiger partial charge >= 0.3 is 6.18 Å². The molecule has 0 amide bonds. The van der Waals surface area contributed by atoms with Gasteiger partial charge in [-0.15, -0.1) is 12.4 Å². The van der Waals surface area contributed by atoms with E-state index in [0.29, 0.717) is 18.5 Å². The molecular weight excluding hydrogens is 446 g/mol. The van der Waals surface area contributed by atoms with E-state index < -0.39 is 39.7 Å². The first-order valence-corrected chi connectivity index (χ1v) is 10.9. The van der Waals surface area contributed by atoms with Gasteiger partial charge in [0.05, 0.1) is 11.8 Å². The van der Waals surface area contributed by atoms with Crippen LogP contribution in [0.15, 0.2) is 48.5 Å². The van der Waals surface area contributed by atoms with Gasteiger partial charge in [-0.3, -0.25) is 4.18 Å². The van der Waals surface area contributed by atoms with Crippen molar-refractivity contribution >= 4 is 22.5 Å². The summed E-state index contributed by atoms with van der Waals surface area (Å²) in [4.78, 5) is 0. The van der Waals surface area contributed by atoms with Crippen molar-refractivity contribution in [3.63, 3.8) is 0 Å². The molecule has 10 heteroatoms. The minimum absolute atomic E-state index is 0. The van der Waals surface area contributed by atoms with Crippen LogP contribution in [0, 0.1) is 5.82 Å². The van der Waals surface area contributed by atoms with Crippen LogP contribution >= 0.6 is 12.4 Å². The van der Waals surface area contributed by atoms with Crippen molar-refractivity contribution in [3.05, 3.63) is 71.0 Å². The number of nitrogens with one attached hydrogen (secondary N) is 1. The Hall–Kier alpha value is -1.68. The van der Waals surface area contributed by atoms with Crippen molar-refractivity contribution in [3.8, 4) is 0 Å². The summed E-state index contributed by atoms with van der Waals surface area (Å²) in [5, 5.41) is 3.17. The van der Waals surface area contributed by atoms with E-state index in [0.717, 1.165) is 24.8 Å². The van der Waals surface area contributed by atoms with Crippen LogP contribution in [0.2, 0.25) is 0 Å². The third-order valence-corrected chi connectivity index (χ3v) is 5.48. The minimum Gasteiger partial charge on any atom is -0.311 e. The van der Waals surface area contributed by atoms with Crippen molar-refractivity contribution in [2.24, 2.45) is 0 Å². The zero-order chi connectivity index (χ0) is 21.2. The van der Waals surface area contributed by atoms with Gasteiger partial charge in [0.15, 0.2) is 0 Å². The molecule has 0 saturated carbocycles. The molecule has 30 heavy (non-hydrogen) atoms. The second kappa shape index (κ2) is 9.64. The minimum atomic E-state index is -4.55. The molecule has 166 valence electrons. The first-order chi connectivity index (χ1) is 13.5. The van der Waals surface area contributed by atoms with Crippen LogP contribution in [0.1, 0.15) is 35.4 Å². The first-order valence-electron chi connectivity index (χ1n) is 9.09. The molecule has 4 nitrogen and oxygen atoms in total. The molecule has 0 spiro atoms. The van der Waals surface area contributed by atoms with E-state index in [1.807, 2.05) is 0 Å². The molecule has 2 aromatic rings. The SMILES string of the molecule is CS(=O)(=O)O[C@H]([C@@H](c1ccc(F)cc1)c1cccc(C(F)(F)F)c1)[C@H]1CCCN1.Cl. The fourth-order valence-electron chi connectivity index (χ4n) is 3.70. The third kappa shape index (κ3) is 6.16. The molecule has 0 aromatic heterocycles. The van der Waals surface area contributed by atoms with E-state index in [9.17, 15) is 26.0 Å². The van der Waals surface area contributed by atoms with Gasteiger partial charge in [-0.1, -0.05) is 30.3 Å². The second-order valence-corrected chi connectivity index (χ2v) is 8.72. The fourth-order valence-corrected chi connectivity index (χ4v) is 4.35. The van der Waals surface area contributed by atoms with Gasteiger partial charge in [-0.05, 0) is 48.7 Å². The maximum atomic E-state index is 13.5. The average molecular weight is 468 g/mol. The topological polar surface area (TPSA) is 55.4 Å². The van der Waals surface area contributed by atoms with Crippen LogP contribution in [-0.2, 0) is 20.5 Å². The van der Waals surface area contributed by atoms with E-state index in [2.05, 4.69) is 5.32 Å². The molecule has 2 aromatic carbocycles. The quantitative estimate of drug-likeness (QED) is 0.502. The normalized spacial score (nSPS) is 19.2. The van der Waals surface area contributed by atoms with Crippen molar-refractivity contribution < 1.29 is 30.2 Å². The Bertz CT molecular complexity index is 945. The lowest BCUT2D eigenvalue weighted by Gasteiger charge is -2.32. The molecule has 1 aliphatic rings. The van der Waals surface area contributed by atoms with Gasteiger partial charge in [0.2, 0.25) is 0 Å². The van der Waals surface area contributed by atoms with Gasteiger partial charge in [-0.2, -0.15) is 21.6 Å². The lowest BCUT2D eigenvalue weighted by atomic mass is 9.82. The zero-order valence-corrected chi connectivity index (χ0v) is 17.7. The molecule has 0 unspecified atom stereocenters. The standard InChI is InChI=1S/C20H21F4NO3S.ClH/c1-29(26,27)28-19(17-6-3-11-25-17)18(13-7-9-16(21)10-8-13)14-4-2-5-15(12-14)20(22,23)24;/h2,4-5,7-10,12,17-19,25H,3,6,11H2,1H3;1H/t17-,18+,19+;/m1./s1. The molecule has 0 bridgehead atoms. The predicted octanol–water partition coefficient (Wildman–Crippen LogP) is 4.50. The summed E-state index contributed by atoms with van der Waals surface area (Å²) >= 11 is 0. The van der Waals surface area contributed by atoms with Gasteiger partial charge in [0.25, 0.3) is 10.1 Å². The summed E-state index contributed by atoms with van der Waals surface area (Å²) in [6.07, 6.45) is -3.24. The Morgan fingerprint density at radius 1 is 1.10 bits per heavy atom. The van der Waals surface area contributed by atoms with Crippen LogP contribution in [0.3, 0.4) is 0 Å². The van der Waals surface area contributed by atoms with Crippen LogP contribution < -0.4 is 5.32 Å². The highest BCUT2D eigenvalue weighted by atomic mass is 35.5. The molecule has 1 heterocycles. The van der Waals surface area contributed by atoms with Crippen molar-refractivity contribution in [1.82, 2.24) is 5.32 Å². The van der Waals surface area contributed by atoms with Crippen LogP contribution in [0.25, 0.3) is 0 Å². The zero-order valence-electron chi connectivity index (χ0n) is 16.0. The highest BCUT2D eigenvalue weighted by Crippen LogP contribution is 2.37. The van der Waals surface area contributed by atoms with Crippen molar-refractivity contribution in [2.75, 3.05) is 12.8 Å². The molecule has 3 rings (SSSR count). The first kappa shape index (κ1) is 24.6. The average Bonchev–Trinajstić information content (AvgIpc) is 3.16. The molecule has 0 radical (unpaired) electrons. The van der Waals surface area contributed by atoms with E-state index in [4.69, 9.17) is 4.18 Å². The molecule has 1 saturated heterocycles. The summed E-state index contributed by atoms with van der Waals surface area (Å²) in [5.74, 6) is -1.35. The third-order valence-electron chi connectivity index (χ3n) is 4.91. The molecule has 1 N–H and O–H groups in total. The Balaban J connectivity index is 0.00000320. The smallest absolute Gasteiger partial charge is 0.311 e. The lowest BCUT2D eigenvalue weighted by Crippen LogP contribution is -2.42. The van der Waals surface area contributed by atoms with Gasteiger partial charge in [-0.25, -0.2) is 4.39 Å². The van der Waals surface area contributed by atoms with E-state index >= 15 is 0 Å². The number of rotatable bonds is 6. The van der Waals surface area contributed by atoms with Crippen molar-refractivity contribution in [1.29, 1.82) is 0 Å². The fraction of sp³-hybridized carbons (Fsp3) is 0.400. The Labute approximate surface area is 179 Å². The summed E-state index contributed by atoms with van der Waals surface area (Å²) in [7, 11) is -3.90. The van der Waals surface area contributed by atoms with E-state index in [1.165, 1.54) is 36.4 Å². The summed E-state index contributed by atoms with van der Waals surface area (Å²) in [5.41, 5.74) is -0.138. The highest BCUT2D eigenvalue weighted by molar-refractivity contribution is 7.86. The molecule has 1 aliphatic heterocycles. The van der Waals surface area contributed by atoms with Crippen LogP contribution in [0.5, 0.6) is 0 Å². The Morgan fingerprint density at radius 2 is 1.77 bits per heavy atom. The maximum Gasteiger partial charge on any atom is 0.416 e. The number of hydrogen-bond donors (Lipinski definition) is 1. The van der Waals surface area contributed by atoms with Crippen LogP contribution in [0.4, 0.5) is 17.6 Å². The number of hydrogen-bond acceptors (Lipinski definition) is 4. The Kier molecular flexibility index (Phi) is 7.90. The Morgan fingerprint density at radius 3 is 2.30 bits per heavy atom. The molecular formula is C20H22ClF4NO3S. The molecule has 3 atom stereocenters. The molecule has 1 fully saturated rings. The monoisotopic (exact) mass is 467 g/mol. The number of benzene rings is 2. The van der Waals surface area contributed by atoms with Gasteiger partial charge < -0.3 is 5.32 Å². The number of alkyl halides is 3. The number of halogens is 5. The van der Waals surface area contributed by atoms with Gasteiger partial charge in [0, 0.05) is 12.0 Å². The predicted molar refractivity (Wildman–Crippen MR) is 108 cm³/mol. The lowest BCUT2D eigenvalue weighted by molar-refractivity contribution is -0.137. The van der Waals surface area contributed by atoms with E-state index in [1.54, 1.807) is 0 Å². The summed E-state index contributed by atoms with van der Waals surface area (Å²) < 4.78 is 82.6. The van der Waals surface area contributed by atoms with Gasteiger partial charge in [0.1, 0.15) is 11.9 Å². The van der Waals surface area contributed by atoms with E-state index in [-0.39, 0.29) is 24.0 Å². The van der Waals surface area contributed by atoms with Crippen molar-refractivity contribution in [2.45, 2.75) is 37.1 Å². The maximum absolute atomic E-state index is 13.5. The largest absolute Gasteiger partial charge is 0.416 e.